The number of halogens is 1. The molecular weight excluding hydrogens is 501 g/mol. The first kappa shape index (κ1) is 25.1. The molecule has 3 rings (SSSR count). The number of hydrogen-bond acceptors (Lipinski definition) is 3. The summed E-state index contributed by atoms with van der Waals surface area (Å²) in [6.45, 7) is 6.61. The highest BCUT2D eigenvalue weighted by Gasteiger charge is 2.20. The Morgan fingerprint density at radius 1 is 1.06 bits per heavy atom. The van der Waals surface area contributed by atoms with Gasteiger partial charge < -0.3 is 16.0 Å². The van der Waals surface area contributed by atoms with Gasteiger partial charge in [0.15, 0.2) is 5.96 Å². The lowest BCUT2D eigenvalue weighted by molar-refractivity contribution is 0.0963. The number of hydrogen-bond donors (Lipinski definition) is 3. The summed E-state index contributed by atoms with van der Waals surface area (Å²) in [5, 5.41) is 9.60. The number of benzene rings is 2. The lowest BCUT2D eigenvalue weighted by Crippen LogP contribution is -2.48. The van der Waals surface area contributed by atoms with Gasteiger partial charge in [-0.25, -0.2) is 4.99 Å². The van der Waals surface area contributed by atoms with E-state index < -0.39 is 0 Å². The zero-order valence-electron chi connectivity index (χ0n) is 18.4. The molecule has 0 aliphatic carbocycles. The summed E-state index contributed by atoms with van der Waals surface area (Å²) in [7, 11) is 1.64. The van der Waals surface area contributed by atoms with Crippen molar-refractivity contribution in [3.8, 4) is 0 Å². The van der Waals surface area contributed by atoms with Crippen LogP contribution in [0.4, 0.5) is 0 Å². The predicted molar refractivity (Wildman–Crippen MR) is 138 cm³/mol. The molecule has 3 N–H and O–H groups in total. The van der Waals surface area contributed by atoms with Gasteiger partial charge in [-0.1, -0.05) is 42.5 Å². The summed E-state index contributed by atoms with van der Waals surface area (Å²) in [5.41, 5.74) is 3.05. The van der Waals surface area contributed by atoms with Gasteiger partial charge in [0.2, 0.25) is 0 Å². The van der Waals surface area contributed by atoms with Gasteiger partial charge in [0.05, 0.1) is 6.54 Å². The van der Waals surface area contributed by atoms with Crippen LogP contribution < -0.4 is 16.0 Å². The highest BCUT2D eigenvalue weighted by atomic mass is 127. The first-order valence-corrected chi connectivity index (χ1v) is 10.8. The van der Waals surface area contributed by atoms with Crippen LogP contribution in [-0.2, 0) is 13.1 Å². The van der Waals surface area contributed by atoms with Gasteiger partial charge in [-0.2, -0.15) is 0 Å². The van der Waals surface area contributed by atoms with E-state index in [-0.39, 0.29) is 29.9 Å². The summed E-state index contributed by atoms with van der Waals surface area (Å²) in [4.78, 5) is 19.1. The molecule has 0 bridgehead atoms. The molecule has 0 unspecified atom stereocenters. The van der Waals surface area contributed by atoms with Crippen LogP contribution >= 0.6 is 24.0 Å². The molecule has 6 nitrogen and oxygen atoms in total. The van der Waals surface area contributed by atoms with Crippen molar-refractivity contribution in [1.29, 1.82) is 0 Å². The molecule has 1 fully saturated rings. The average molecular weight is 535 g/mol. The first-order valence-electron chi connectivity index (χ1n) is 10.8. The van der Waals surface area contributed by atoms with Gasteiger partial charge in [-0.15, -0.1) is 24.0 Å². The maximum atomic E-state index is 11.8. The maximum Gasteiger partial charge on any atom is 0.251 e. The Balaban J connectivity index is 0.00000341. The zero-order chi connectivity index (χ0) is 21.2. The summed E-state index contributed by atoms with van der Waals surface area (Å²) in [6.07, 6.45) is 2.20. The Hall–Kier alpha value is -2.13. The van der Waals surface area contributed by atoms with E-state index in [2.05, 4.69) is 58.1 Å². The summed E-state index contributed by atoms with van der Waals surface area (Å²) in [6, 6.07) is 18.7. The van der Waals surface area contributed by atoms with Crippen LogP contribution in [0.1, 0.15) is 41.3 Å². The molecule has 0 radical (unpaired) electrons. The van der Waals surface area contributed by atoms with Gasteiger partial charge in [0.25, 0.3) is 5.91 Å². The molecule has 0 aromatic heterocycles. The van der Waals surface area contributed by atoms with E-state index in [1.807, 2.05) is 24.3 Å². The second-order valence-electron chi connectivity index (χ2n) is 7.66. The Kier molecular flexibility index (Phi) is 10.8. The molecule has 1 heterocycles. The third-order valence-corrected chi connectivity index (χ3v) is 5.36. The molecule has 7 heteroatoms. The van der Waals surface area contributed by atoms with Gasteiger partial charge in [-0.05, 0) is 43.0 Å². The summed E-state index contributed by atoms with van der Waals surface area (Å²) < 4.78 is 0. The minimum absolute atomic E-state index is 0. The van der Waals surface area contributed by atoms with E-state index in [4.69, 9.17) is 4.99 Å². The van der Waals surface area contributed by atoms with Crippen molar-refractivity contribution in [3.05, 3.63) is 71.3 Å². The number of amides is 1. The van der Waals surface area contributed by atoms with Crippen molar-refractivity contribution in [2.45, 2.75) is 38.9 Å². The smallest absolute Gasteiger partial charge is 0.251 e. The zero-order valence-corrected chi connectivity index (χ0v) is 20.8. The van der Waals surface area contributed by atoms with Gasteiger partial charge in [-0.3, -0.25) is 9.69 Å². The van der Waals surface area contributed by atoms with Crippen molar-refractivity contribution in [2.75, 3.05) is 26.7 Å². The van der Waals surface area contributed by atoms with Crippen LogP contribution in [0, 0.1) is 0 Å². The number of piperidine rings is 1. The number of nitrogens with one attached hydrogen (secondary N) is 3. The molecule has 2 aromatic carbocycles. The third kappa shape index (κ3) is 8.14. The number of carbonyl (C=O) groups excluding carboxylic acids is 1. The quantitative estimate of drug-likeness (QED) is 0.289. The number of likely N-dealkylation sites (tertiary alicyclic amines) is 1. The first-order chi connectivity index (χ1) is 14.7. The number of rotatable bonds is 7. The van der Waals surface area contributed by atoms with Crippen molar-refractivity contribution >= 4 is 35.8 Å². The van der Waals surface area contributed by atoms with Crippen molar-refractivity contribution in [2.24, 2.45) is 4.99 Å². The normalized spacial score (nSPS) is 15.1. The van der Waals surface area contributed by atoms with Crippen molar-refractivity contribution in [3.63, 3.8) is 0 Å². The standard InChI is InChI=1S/C24H33N5O.HI/c1-3-26-24(27-17-20-10-7-11-21(16-20)23(30)25-2)28-22-12-14-29(15-13-22)18-19-8-5-4-6-9-19;/h4-11,16,22H,3,12-15,17-18H2,1-2H3,(H,25,30)(H2,26,27,28);1H. The average Bonchev–Trinajstić information content (AvgIpc) is 2.79. The van der Waals surface area contributed by atoms with Crippen LogP contribution in [0.3, 0.4) is 0 Å². The van der Waals surface area contributed by atoms with Gasteiger partial charge >= 0.3 is 0 Å². The molecule has 1 aliphatic heterocycles. The summed E-state index contributed by atoms with van der Waals surface area (Å²) in [5.74, 6) is 0.762. The van der Waals surface area contributed by atoms with Crippen LogP contribution in [0.2, 0.25) is 0 Å². The Morgan fingerprint density at radius 2 is 1.77 bits per heavy atom. The Bertz CT molecular complexity index is 835. The van der Waals surface area contributed by atoms with Crippen LogP contribution in [0.15, 0.2) is 59.6 Å². The SMILES string of the molecule is CCNC(=NCc1cccc(C(=O)NC)c1)NC1CCN(Cc2ccccc2)CC1.I. The number of aliphatic imine (C=N–C) groups is 1. The second-order valence-corrected chi connectivity index (χ2v) is 7.66. The largest absolute Gasteiger partial charge is 0.357 e. The highest BCUT2D eigenvalue weighted by molar-refractivity contribution is 14.0. The fourth-order valence-corrected chi connectivity index (χ4v) is 3.72. The number of nitrogens with zero attached hydrogens (tertiary/aromatic N) is 2. The topological polar surface area (TPSA) is 68.8 Å². The molecule has 0 atom stereocenters. The van der Waals surface area contributed by atoms with Crippen molar-refractivity contribution < 1.29 is 4.79 Å². The summed E-state index contributed by atoms with van der Waals surface area (Å²) >= 11 is 0. The number of carbonyl (C=O) groups is 1. The van der Waals surface area contributed by atoms with Crippen LogP contribution in [0.25, 0.3) is 0 Å². The minimum atomic E-state index is -0.0758. The third-order valence-electron chi connectivity index (χ3n) is 5.36. The van der Waals surface area contributed by atoms with Gasteiger partial charge in [0.1, 0.15) is 0 Å². The van der Waals surface area contributed by atoms with E-state index >= 15 is 0 Å². The Morgan fingerprint density at radius 3 is 2.45 bits per heavy atom. The second kappa shape index (κ2) is 13.3. The van der Waals surface area contributed by atoms with E-state index in [1.54, 1.807) is 7.05 Å². The fourth-order valence-electron chi connectivity index (χ4n) is 3.72. The lowest BCUT2D eigenvalue weighted by atomic mass is 10.0. The molecular formula is C24H34IN5O. The van der Waals surface area contributed by atoms with Crippen molar-refractivity contribution in [1.82, 2.24) is 20.9 Å². The monoisotopic (exact) mass is 535 g/mol. The molecule has 168 valence electrons. The predicted octanol–water partition coefficient (Wildman–Crippen LogP) is 3.38. The molecule has 2 aromatic rings. The van der Waals surface area contributed by atoms with E-state index in [9.17, 15) is 4.79 Å². The fraction of sp³-hybridized carbons (Fsp3) is 0.417. The maximum absolute atomic E-state index is 11.8. The Labute approximate surface area is 202 Å². The van der Waals surface area contributed by atoms with Crippen LogP contribution in [-0.4, -0.2) is 49.5 Å². The van der Waals surface area contributed by atoms with Gasteiger partial charge in [0, 0.05) is 44.8 Å². The molecule has 1 amide bonds. The van der Waals surface area contributed by atoms with E-state index in [0.717, 1.165) is 50.5 Å². The van der Waals surface area contributed by atoms with E-state index in [0.29, 0.717) is 18.2 Å². The highest BCUT2D eigenvalue weighted by Crippen LogP contribution is 2.14. The van der Waals surface area contributed by atoms with E-state index in [1.165, 1.54) is 5.56 Å². The molecule has 1 aliphatic rings. The molecule has 0 spiro atoms. The number of guanidine groups is 1. The molecule has 31 heavy (non-hydrogen) atoms. The lowest BCUT2D eigenvalue weighted by Gasteiger charge is -2.33. The minimum Gasteiger partial charge on any atom is -0.357 e. The molecule has 1 saturated heterocycles. The van der Waals surface area contributed by atoms with Crippen LogP contribution in [0.5, 0.6) is 0 Å². The molecule has 0 saturated carbocycles.